The summed E-state index contributed by atoms with van der Waals surface area (Å²) in [5, 5.41) is 25.0. The second-order valence-corrected chi connectivity index (χ2v) is 10.3. The lowest BCUT2D eigenvalue weighted by atomic mass is 10.1. The highest BCUT2D eigenvalue weighted by Crippen LogP contribution is 2.27. The summed E-state index contributed by atoms with van der Waals surface area (Å²) < 4.78 is 5.10. The molecule has 0 saturated carbocycles. The summed E-state index contributed by atoms with van der Waals surface area (Å²) in [7, 11) is 1.87. The molecule has 2 aromatic carbocycles. The van der Waals surface area contributed by atoms with Crippen molar-refractivity contribution >= 4 is 28.6 Å². The van der Waals surface area contributed by atoms with Crippen LogP contribution in [0.1, 0.15) is 31.8 Å². The minimum Gasteiger partial charge on any atom is -0.478 e. The van der Waals surface area contributed by atoms with Crippen molar-refractivity contribution in [1.82, 2.24) is 39.3 Å². The van der Waals surface area contributed by atoms with Gasteiger partial charge in [0.25, 0.3) is 5.91 Å². The Morgan fingerprint density at radius 2 is 1.40 bits per heavy atom. The topological polar surface area (TPSA) is 149 Å². The molecule has 5 heterocycles. The Kier molecular flexibility index (Phi) is 8.27. The van der Waals surface area contributed by atoms with Gasteiger partial charge in [0, 0.05) is 54.5 Å². The number of nitrogens with zero attached hydrogens (tertiary/aromatic N) is 7. The van der Waals surface area contributed by atoms with E-state index in [4.69, 9.17) is 5.11 Å². The Balaban J connectivity index is 0.000000200. The largest absolute Gasteiger partial charge is 0.478 e. The fourth-order valence-electron chi connectivity index (χ4n) is 4.70. The smallest absolute Gasteiger partial charge is 0.338 e. The fourth-order valence-corrected chi connectivity index (χ4v) is 4.70. The quantitative estimate of drug-likeness (QED) is 0.220. The van der Waals surface area contributed by atoms with E-state index in [0.717, 1.165) is 27.6 Å². The number of H-pyrrole nitrogens is 1. The maximum atomic E-state index is 12.8. The second kappa shape index (κ2) is 12.9. The normalized spacial score (nSPS) is 10.8. The van der Waals surface area contributed by atoms with Crippen molar-refractivity contribution in [3.05, 3.63) is 139 Å². The summed E-state index contributed by atoms with van der Waals surface area (Å²) in [6.07, 6.45) is 13.4. The molecular formula is C33H29N9O3. The Morgan fingerprint density at radius 3 is 1.98 bits per heavy atom. The van der Waals surface area contributed by atoms with Crippen LogP contribution in [0, 0.1) is 0 Å². The SMILES string of the molecule is Cn1cc(-c2cnc3[nH]cc(NC(=O)c4cnn(Cc5ccccc5)c4)c3c2)cn1.O=C(O)c1cnn(Cc2ccccc2)c1. The maximum absolute atomic E-state index is 12.8. The number of carbonyl (C=O) groups excluding carboxylic acids is 1. The molecule has 0 fully saturated rings. The van der Waals surface area contributed by atoms with Crippen LogP contribution >= 0.6 is 0 Å². The van der Waals surface area contributed by atoms with Crippen molar-refractivity contribution in [2.24, 2.45) is 7.05 Å². The van der Waals surface area contributed by atoms with Gasteiger partial charge >= 0.3 is 5.97 Å². The van der Waals surface area contributed by atoms with Crippen LogP contribution in [-0.4, -0.2) is 56.3 Å². The standard InChI is InChI=1S/C22H19N7O.C11H10N2O2/c1-28-13-17(9-25-28)16-7-19-20(11-24-21(19)23-8-16)27-22(30)18-10-26-29(14-18)12-15-5-3-2-4-6-15;14-11(15)10-6-12-13(8-10)7-9-4-2-1-3-5-9/h2-11,13-14H,12H2,1H3,(H,23,24)(H,27,30);1-6,8H,7H2,(H,14,15). The van der Waals surface area contributed by atoms with Crippen LogP contribution in [0.3, 0.4) is 0 Å². The van der Waals surface area contributed by atoms with E-state index in [0.29, 0.717) is 30.0 Å². The summed E-state index contributed by atoms with van der Waals surface area (Å²) in [4.78, 5) is 30.9. The van der Waals surface area contributed by atoms with Crippen LogP contribution in [0.2, 0.25) is 0 Å². The highest BCUT2D eigenvalue weighted by molar-refractivity contribution is 6.08. The molecule has 1 amide bonds. The number of aromatic nitrogens is 8. The monoisotopic (exact) mass is 599 g/mol. The van der Waals surface area contributed by atoms with Crippen molar-refractivity contribution < 1.29 is 14.7 Å². The molecule has 0 unspecified atom stereocenters. The Labute approximate surface area is 257 Å². The van der Waals surface area contributed by atoms with Gasteiger partial charge in [0.1, 0.15) is 5.65 Å². The number of hydrogen-bond donors (Lipinski definition) is 3. The highest BCUT2D eigenvalue weighted by Gasteiger charge is 2.14. The van der Waals surface area contributed by atoms with E-state index < -0.39 is 5.97 Å². The van der Waals surface area contributed by atoms with E-state index in [-0.39, 0.29) is 11.5 Å². The van der Waals surface area contributed by atoms with E-state index in [1.165, 1.54) is 12.4 Å². The van der Waals surface area contributed by atoms with Crippen LogP contribution < -0.4 is 5.32 Å². The lowest BCUT2D eigenvalue weighted by molar-refractivity contribution is 0.0696. The zero-order chi connectivity index (χ0) is 31.2. The number of rotatable bonds is 8. The van der Waals surface area contributed by atoms with Crippen molar-refractivity contribution in [3.63, 3.8) is 0 Å². The van der Waals surface area contributed by atoms with Gasteiger partial charge in [0.2, 0.25) is 0 Å². The van der Waals surface area contributed by atoms with Crippen molar-refractivity contribution in [2.75, 3.05) is 5.32 Å². The number of aromatic carboxylic acids is 1. The van der Waals surface area contributed by atoms with Crippen molar-refractivity contribution in [1.29, 1.82) is 0 Å². The van der Waals surface area contributed by atoms with Gasteiger partial charge in [-0.15, -0.1) is 0 Å². The lowest BCUT2D eigenvalue weighted by Crippen LogP contribution is -2.11. The Hall–Kier alpha value is -6.30. The molecule has 0 aliphatic heterocycles. The Bertz CT molecular complexity index is 2060. The molecule has 5 aromatic heterocycles. The molecular weight excluding hydrogens is 570 g/mol. The van der Waals surface area contributed by atoms with Gasteiger partial charge in [-0.3, -0.25) is 18.8 Å². The van der Waals surface area contributed by atoms with Crippen molar-refractivity contribution in [2.45, 2.75) is 13.1 Å². The zero-order valence-corrected chi connectivity index (χ0v) is 24.3. The lowest BCUT2D eigenvalue weighted by Gasteiger charge is -2.03. The molecule has 0 spiro atoms. The molecule has 7 rings (SSSR count). The summed E-state index contributed by atoms with van der Waals surface area (Å²) in [6.45, 7) is 1.20. The predicted molar refractivity (Wildman–Crippen MR) is 169 cm³/mol. The number of amides is 1. The summed E-state index contributed by atoms with van der Waals surface area (Å²) in [5.41, 5.74) is 6.20. The molecule has 0 aliphatic carbocycles. The summed E-state index contributed by atoms with van der Waals surface area (Å²) >= 11 is 0. The molecule has 0 saturated heterocycles. The van der Waals surface area contributed by atoms with E-state index in [1.807, 2.05) is 80.0 Å². The van der Waals surface area contributed by atoms with Gasteiger partial charge < -0.3 is 15.4 Å². The second-order valence-electron chi connectivity index (χ2n) is 10.3. The van der Waals surface area contributed by atoms with Gasteiger partial charge in [-0.25, -0.2) is 9.78 Å². The predicted octanol–water partition coefficient (Wildman–Crippen LogP) is 5.09. The third-order valence-electron chi connectivity index (χ3n) is 6.97. The molecule has 3 N–H and O–H groups in total. The number of carboxylic acids is 1. The van der Waals surface area contributed by atoms with Crippen LogP contribution in [-0.2, 0) is 20.1 Å². The first-order valence-corrected chi connectivity index (χ1v) is 14.0. The van der Waals surface area contributed by atoms with Gasteiger partial charge in [-0.2, -0.15) is 15.3 Å². The number of nitrogens with one attached hydrogen (secondary N) is 2. The van der Waals surface area contributed by atoms with E-state index >= 15 is 0 Å². The molecule has 0 atom stereocenters. The van der Waals surface area contributed by atoms with Gasteiger partial charge in [-0.1, -0.05) is 60.7 Å². The van der Waals surface area contributed by atoms with Crippen LogP contribution in [0.25, 0.3) is 22.2 Å². The first kappa shape index (κ1) is 28.8. The van der Waals surface area contributed by atoms with E-state index in [9.17, 15) is 9.59 Å². The molecule has 7 aromatic rings. The molecule has 224 valence electrons. The molecule has 0 radical (unpaired) electrons. The number of aromatic amines is 1. The maximum Gasteiger partial charge on any atom is 0.338 e. The van der Waals surface area contributed by atoms with Crippen LogP contribution in [0.4, 0.5) is 5.69 Å². The molecule has 0 aliphatic rings. The fraction of sp³-hybridized carbons (Fsp3) is 0.0909. The van der Waals surface area contributed by atoms with Gasteiger partial charge in [-0.05, 0) is 17.2 Å². The molecule has 12 heteroatoms. The minimum atomic E-state index is -0.950. The number of hydrogen-bond acceptors (Lipinski definition) is 6. The third kappa shape index (κ3) is 7.03. The van der Waals surface area contributed by atoms with Crippen LogP contribution in [0.5, 0.6) is 0 Å². The number of carboxylic acid groups (broad SMARTS) is 1. The van der Waals surface area contributed by atoms with Gasteiger partial charge in [0.15, 0.2) is 0 Å². The average Bonchev–Trinajstić information content (AvgIpc) is 3.87. The zero-order valence-electron chi connectivity index (χ0n) is 24.3. The third-order valence-corrected chi connectivity index (χ3v) is 6.97. The van der Waals surface area contributed by atoms with E-state index in [1.54, 1.807) is 45.0 Å². The number of benzene rings is 2. The van der Waals surface area contributed by atoms with Gasteiger partial charge in [0.05, 0.1) is 48.5 Å². The van der Waals surface area contributed by atoms with Crippen molar-refractivity contribution in [3.8, 4) is 11.1 Å². The van der Waals surface area contributed by atoms with Crippen LogP contribution in [0.15, 0.2) is 116 Å². The number of aryl methyl sites for hydroxylation is 1. The summed E-state index contributed by atoms with van der Waals surface area (Å²) in [6, 6.07) is 21.8. The van der Waals surface area contributed by atoms with E-state index in [2.05, 4.69) is 30.6 Å². The number of fused-ring (bicyclic) bond motifs is 1. The molecule has 0 bridgehead atoms. The summed E-state index contributed by atoms with van der Waals surface area (Å²) in [5.74, 6) is -1.17. The number of carbonyl (C=O) groups is 2. The first-order valence-electron chi connectivity index (χ1n) is 14.0. The number of anilines is 1. The number of pyridine rings is 1. The minimum absolute atomic E-state index is 0.214. The highest BCUT2D eigenvalue weighted by atomic mass is 16.4. The average molecular weight is 600 g/mol. The molecule has 12 nitrogen and oxygen atoms in total. The Morgan fingerprint density at radius 1 is 0.778 bits per heavy atom. The first-order chi connectivity index (χ1) is 21.9. The molecule has 45 heavy (non-hydrogen) atoms.